The van der Waals surface area contributed by atoms with Gasteiger partial charge in [-0.1, -0.05) is 48.6 Å². The average molecular weight is 725 g/mol. The largest absolute Gasteiger partial charge is 0.462 e. The lowest BCUT2D eigenvalue weighted by Gasteiger charge is -2.45. The Labute approximate surface area is 298 Å². The molecular weight excluding hydrogens is 668 g/mol. The van der Waals surface area contributed by atoms with Crippen LogP contribution in [0.1, 0.15) is 72.1 Å². The minimum Gasteiger partial charge on any atom is -0.462 e. The summed E-state index contributed by atoms with van der Waals surface area (Å²) < 4.78 is 23.2. The number of esters is 1. The lowest BCUT2D eigenvalue weighted by molar-refractivity contribution is -0.306. The second-order valence-corrected chi connectivity index (χ2v) is 13.9. The van der Waals surface area contributed by atoms with E-state index in [1.54, 1.807) is 62.5 Å². The number of nitrogens with two attached hydrogens (primary N) is 2. The van der Waals surface area contributed by atoms with Gasteiger partial charge in [0.2, 0.25) is 5.91 Å². The van der Waals surface area contributed by atoms with Gasteiger partial charge in [0, 0.05) is 38.5 Å². The van der Waals surface area contributed by atoms with Gasteiger partial charge in [-0.15, -0.1) is 0 Å². The summed E-state index contributed by atoms with van der Waals surface area (Å²) in [5.41, 5.74) is 11.7. The van der Waals surface area contributed by atoms with Crippen LogP contribution < -0.4 is 11.5 Å². The highest BCUT2D eigenvalue weighted by Crippen LogP contribution is 2.38. The van der Waals surface area contributed by atoms with E-state index in [0.29, 0.717) is 6.42 Å². The molecule has 0 radical (unpaired) electrons. The van der Waals surface area contributed by atoms with Crippen molar-refractivity contribution in [3.8, 4) is 0 Å². The Balaban J connectivity index is 1.88. The number of allylic oxidation sites excluding steroid dienone is 6. The van der Waals surface area contributed by atoms with Gasteiger partial charge in [-0.3, -0.25) is 14.4 Å². The van der Waals surface area contributed by atoms with Crippen LogP contribution in [0.3, 0.4) is 0 Å². The Morgan fingerprint density at radius 3 is 2.29 bits per heavy atom. The first-order valence-corrected chi connectivity index (χ1v) is 17.6. The summed E-state index contributed by atoms with van der Waals surface area (Å²) in [6.45, 7) is 4.77. The highest BCUT2D eigenvalue weighted by Gasteiger charge is 2.50. The Morgan fingerprint density at radius 2 is 1.61 bits per heavy atom. The first kappa shape index (κ1) is 42.6. The highest BCUT2D eigenvalue weighted by atomic mass is 16.7. The number of hydrogen-bond donors (Lipinski definition) is 8. The van der Waals surface area contributed by atoms with Gasteiger partial charge < -0.3 is 61.1 Å². The standard InChI is InChI=1S/C36H56N2O13/c1-20-12-9-7-5-4-6-8-10-15-25(50-35-32(44)30(37)31(43)22(3)49-35)17-28-29(33(38)45)27(42)19-36(47,51-28)18-24(40)14-11-13-23(39)16-26(41)21(2)34(46)48-20/h4-10,15,20-22,24-32,35,40-44,47H,11-14,16-19,37H2,1-3H3,(H2,38,45)/b5-4+,8-6+,9-7+,15-10+/t20-,21+,22-,24+,25+,26-,27+,28+,29-,30+,31-,32+,35+,36-/m1/s1. The van der Waals surface area contributed by atoms with Crippen LogP contribution in [0.5, 0.6) is 0 Å². The van der Waals surface area contributed by atoms with Gasteiger partial charge in [-0.25, -0.2) is 0 Å². The number of ether oxygens (including phenoxy) is 4. The molecule has 0 saturated carbocycles. The van der Waals surface area contributed by atoms with Gasteiger partial charge in [-0.05, 0) is 33.6 Å². The summed E-state index contributed by atoms with van der Waals surface area (Å²) in [5.74, 6) is -6.13. The van der Waals surface area contributed by atoms with Crippen molar-refractivity contribution in [3.63, 3.8) is 0 Å². The fraction of sp³-hybridized carbons (Fsp3) is 0.694. The molecule has 2 saturated heterocycles. The molecule has 0 spiro atoms. The third-order valence-electron chi connectivity index (χ3n) is 9.45. The summed E-state index contributed by atoms with van der Waals surface area (Å²) in [4.78, 5) is 37.6. The molecule has 0 aromatic heterocycles. The Morgan fingerprint density at radius 1 is 0.941 bits per heavy atom. The molecule has 0 aliphatic carbocycles. The minimum atomic E-state index is -2.10. The first-order chi connectivity index (χ1) is 24.0. The van der Waals surface area contributed by atoms with Crippen molar-refractivity contribution < 1.29 is 64.0 Å². The number of primary amides is 1. The van der Waals surface area contributed by atoms with Crippen LogP contribution >= 0.6 is 0 Å². The van der Waals surface area contributed by atoms with E-state index in [2.05, 4.69) is 0 Å². The maximum absolute atomic E-state index is 12.6. The third-order valence-corrected chi connectivity index (χ3v) is 9.45. The lowest BCUT2D eigenvalue weighted by Crippen LogP contribution is -2.61. The van der Waals surface area contributed by atoms with Crippen LogP contribution in [0.15, 0.2) is 48.6 Å². The number of Topliss-reactive ketones (excluding diaryl/α,β-unsaturated/α-hetero) is 1. The number of aliphatic hydroxyl groups is 6. The maximum atomic E-state index is 12.6. The SMILES string of the molecule is C[C@@H]1C/C=C/C=C/C=C/C=C/[C@H](O[C@@H]2O[C@H](C)[C@@H](O)[C@H](N)[C@@H]2O)C[C@@H]2O[C@](O)(C[C@@H](O)CCCC(=O)C[C@@H](O)[C@H](C)C(=O)O1)C[C@H](O)[C@H]2C(N)=O. The van der Waals surface area contributed by atoms with Gasteiger partial charge in [0.25, 0.3) is 0 Å². The van der Waals surface area contributed by atoms with Gasteiger partial charge in [0.15, 0.2) is 12.1 Å². The van der Waals surface area contributed by atoms with Crippen LogP contribution in [0.25, 0.3) is 0 Å². The number of amides is 1. The van der Waals surface area contributed by atoms with Crippen LogP contribution in [0.2, 0.25) is 0 Å². The maximum Gasteiger partial charge on any atom is 0.311 e. The molecule has 2 fully saturated rings. The molecule has 3 rings (SSSR count). The third kappa shape index (κ3) is 13.0. The van der Waals surface area contributed by atoms with E-state index < -0.39 is 103 Å². The lowest BCUT2D eigenvalue weighted by atomic mass is 9.82. The van der Waals surface area contributed by atoms with Gasteiger partial charge in [-0.2, -0.15) is 0 Å². The number of cyclic esters (lactones) is 1. The molecule has 0 aromatic carbocycles. The van der Waals surface area contributed by atoms with Crippen molar-refractivity contribution in [1.29, 1.82) is 0 Å². The number of ketones is 1. The van der Waals surface area contributed by atoms with E-state index in [9.17, 15) is 45.0 Å². The van der Waals surface area contributed by atoms with E-state index in [1.807, 2.05) is 0 Å². The average Bonchev–Trinajstić information content (AvgIpc) is 3.03. The highest BCUT2D eigenvalue weighted by molar-refractivity contribution is 5.80. The number of fused-ring (bicyclic) bond motifs is 2. The molecule has 14 atom stereocenters. The first-order valence-electron chi connectivity index (χ1n) is 17.6. The van der Waals surface area contributed by atoms with E-state index in [0.717, 1.165) is 0 Å². The Hall–Kier alpha value is -2.83. The summed E-state index contributed by atoms with van der Waals surface area (Å²) in [6.07, 6.45) is 1.88. The summed E-state index contributed by atoms with van der Waals surface area (Å²) >= 11 is 0. The van der Waals surface area contributed by atoms with E-state index in [4.69, 9.17) is 30.4 Å². The molecule has 3 aliphatic rings. The molecule has 1 amide bonds. The zero-order valence-corrected chi connectivity index (χ0v) is 29.5. The number of carbonyl (C=O) groups is 3. The van der Waals surface area contributed by atoms with Crippen molar-refractivity contribution in [2.24, 2.45) is 23.3 Å². The molecule has 0 aromatic rings. The molecule has 3 aliphatic heterocycles. The van der Waals surface area contributed by atoms with Gasteiger partial charge in [0.1, 0.15) is 18.0 Å². The smallest absolute Gasteiger partial charge is 0.311 e. The molecular formula is C36H56N2O13. The number of carbonyl (C=O) groups excluding carboxylic acids is 3. The minimum absolute atomic E-state index is 0.00687. The van der Waals surface area contributed by atoms with Gasteiger partial charge in [0.05, 0.1) is 60.6 Å². The fourth-order valence-electron chi connectivity index (χ4n) is 6.39. The molecule has 3 heterocycles. The van der Waals surface area contributed by atoms with Crippen molar-refractivity contribution in [3.05, 3.63) is 48.6 Å². The fourth-order valence-corrected chi connectivity index (χ4v) is 6.39. The zero-order valence-electron chi connectivity index (χ0n) is 29.5. The monoisotopic (exact) mass is 724 g/mol. The van der Waals surface area contributed by atoms with Crippen molar-refractivity contribution in [1.82, 2.24) is 0 Å². The molecule has 15 nitrogen and oxygen atoms in total. The predicted octanol–water partition coefficient (Wildman–Crippen LogP) is -0.0668. The van der Waals surface area contributed by atoms with Crippen LogP contribution in [-0.4, -0.2) is 121 Å². The van der Waals surface area contributed by atoms with E-state index >= 15 is 0 Å². The summed E-state index contributed by atoms with van der Waals surface area (Å²) in [6, 6.07) is -1.08. The van der Waals surface area contributed by atoms with E-state index in [-0.39, 0.29) is 44.3 Å². The predicted molar refractivity (Wildman–Crippen MR) is 183 cm³/mol. The summed E-state index contributed by atoms with van der Waals surface area (Å²) in [5, 5.41) is 64.7. The van der Waals surface area contributed by atoms with Crippen molar-refractivity contribution in [2.75, 3.05) is 0 Å². The molecule has 10 N–H and O–H groups in total. The normalized spacial score (nSPS) is 44.1. The number of hydrogen-bond acceptors (Lipinski definition) is 14. The molecule has 51 heavy (non-hydrogen) atoms. The van der Waals surface area contributed by atoms with E-state index in [1.165, 1.54) is 6.92 Å². The second kappa shape index (κ2) is 19.9. The van der Waals surface area contributed by atoms with Gasteiger partial charge >= 0.3 is 5.97 Å². The van der Waals surface area contributed by atoms with Crippen molar-refractivity contribution in [2.45, 2.75) is 145 Å². The quantitative estimate of drug-likeness (QED) is 0.177. The Kier molecular flexibility index (Phi) is 16.6. The molecule has 0 unspecified atom stereocenters. The topological polar surface area (TPSA) is 262 Å². The molecule has 288 valence electrons. The summed E-state index contributed by atoms with van der Waals surface area (Å²) in [7, 11) is 0. The van der Waals surface area contributed by atoms with Crippen LogP contribution in [0, 0.1) is 11.8 Å². The Bertz CT molecular complexity index is 1270. The van der Waals surface area contributed by atoms with Crippen molar-refractivity contribution >= 4 is 17.7 Å². The zero-order chi connectivity index (χ0) is 37.9. The number of rotatable bonds is 3. The molecule has 2 bridgehead atoms. The van der Waals surface area contributed by atoms with Crippen LogP contribution in [0.4, 0.5) is 0 Å². The molecule has 15 heteroatoms. The van der Waals surface area contributed by atoms with Crippen LogP contribution in [-0.2, 0) is 33.3 Å². The number of aliphatic hydroxyl groups excluding tert-OH is 5. The second-order valence-electron chi connectivity index (χ2n) is 13.9.